The first kappa shape index (κ1) is 18.0. The molecule has 0 atom stereocenters. The highest BCUT2D eigenvalue weighted by Gasteiger charge is 2.16. The normalized spacial score (nSPS) is 10.9. The van der Waals surface area contributed by atoms with Crippen molar-refractivity contribution in [3.05, 3.63) is 64.7 Å². The van der Waals surface area contributed by atoms with Crippen molar-refractivity contribution in [3.63, 3.8) is 0 Å². The van der Waals surface area contributed by atoms with Crippen LogP contribution in [0.5, 0.6) is 0 Å². The monoisotopic (exact) mass is 341 g/mol. The summed E-state index contributed by atoms with van der Waals surface area (Å²) in [5, 5.41) is 2.45. The Morgan fingerprint density at radius 1 is 1.04 bits per heavy atom. The molecule has 3 N–H and O–H groups in total. The number of furan rings is 1. The molecule has 0 aliphatic carbocycles. The van der Waals surface area contributed by atoms with Gasteiger partial charge in [-0.25, -0.2) is 0 Å². The van der Waals surface area contributed by atoms with Crippen LogP contribution in [0.25, 0.3) is 6.08 Å². The topological polar surface area (TPSA) is 100 Å². The van der Waals surface area contributed by atoms with Crippen LogP contribution in [-0.2, 0) is 9.59 Å². The Hall–Kier alpha value is -3.35. The molecule has 0 aliphatic heterocycles. The summed E-state index contributed by atoms with van der Waals surface area (Å²) in [6.45, 7) is 4.67. The summed E-state index contributed by atoms with van der Waals surface area (Å²) in [4.78, 5) is 35.7. The molecule has 25 heavy (non-hydrogen) atoms. The van der Waals surface area contributed by atoms with Crippen LogP contribution < -0.4 is 16.2 Å². The van der Waals surface area contributed by atoms with E-state index in [-0.39, 0.29) is 5.70 Å². The Bertz CT molecular complexity index is 822. The summed E-state index contributed by atoms with van der Waals surface area (Å²) < 4.78 is 5.28. The molecule has 3 amide bonds. The Morgan fingerprint density at radius 2 is 1.72 bits per heavy atom. The molecule has 7 heteroatoms. The molecule has 0 spiro atoms. The van der Waals surface area contributed by atoms with Crippen LogP contribution in [0.15, 0.2) is 46.5 Å². The third kappa shape index (κ3) is 5.07. The van der Waals surface area contributed by atoms with E-state index < -0.39 is 17.7 Å². The predicted molar refractivity (Wildman–Crippen MR) is 92.0 cm³/mol. The van der Waals surface area contributed by atoms with E-state index in [0.717, 1.165) is 5.56 Å². The van der Waals surface area contributed by atoms with E-state index in [1.807, 2.05) is 6.07 Å². The minimum atomic E-state index is -0.648. The minimum absolute atomic E-state index is 0.0131. The number of hydrogen-bond donors (Lipinski definition) is 3. The number of hydrazine groups is 1. The van der Waals surface area contributed by atoms with Gasteiger partial charge in [-0.05, 0) is 31.6 Å². The van der Waals surface area contributed by atoms with Crippen LogP contribution in [0, 0.1) is 13.8 Å². The summed E-state index contributed by atoms with van der Waals surface area (Å²) in [6, 6.07) is 10.6. The quantitative estimate of drug-likeness (QED) is 0.583. The standard InChI is InChI=1S/C18H19N3O4/c1-11-9-15(12(2)25-11)17(23)20-21-18(24)16(19-13(3)22)10-14-7-5-4-6-8-14/h4-10H,1-3H3,(H,19,22)(H,20,23)(H,21,24)/b16-10-. The van der Waals surface area contributed by atoms with Gasteiger partial charge in [0, 0.05) is 6.92 Å². The van der Waals surface area contributed by atoms with Gasteiger partial charge in [0.15, 0.2) is 0 Å². The van der Waals surface area contributed by atoms with Gasteiger partial charge < -0.3 is 9.73 Å². The van der Waals surface area contributed by atoms with E-state index in [4.69, 9.17) is 4.42 Å². The molecule has 0 saturated heterocycles. The maximum Gasteiger partial charge on any atom is 0.286 e. The van der Waals surface area contributed by atoms with Crippen LogP contribution in [0.1, 0.15) is 34.4 Å². The van der Waals surface area contributed by atoms with Gasteiger partial charge in [0.05, 0.1) is 5.56 Å². The van der Waals surface area contributed by atoms with Crippen molar-refractivity contribution in [3.8, 4) is 0 Å². The lowest BCUT2D eigenvalue weighted by atomic mass is 10.2. The molecule has 130 valence electrons. The molecule has 1 aromatic heterocycles. The Kier molecular flexibility index (Phi) is 5.73. The fraction of sp³-hybridized carbons (Fsp3) is 0.167. The number of carbonyl (C=O) groups excluding carboxylic acids is 3. The number of hydrogen-bond acceptors (Lipinski definition) is 4. The number of nitrogens with one attached hydrogen (secondary N) is 3. The van der Waals surface area contributed by atoms with E-state index in [0.29, 0.717) is 17.1 Å². The van der Waals surface area contributed by atoms with E-state index >= 15 is 0 Å². The summed E-state index contributed by atoms with van der Waals surface area (Å²) in [5.74, 6) is -0.511. The first-order chi connectivity index (χ1) is 11.9. The van der Waals surface area contributed by atoms with Crippen LogP contribution in [0.2, 0.25) is 0 Å². The van der Waals surface area contributed by atoms with Crippen LogP contribution in [0.3, 0.4) is 0 Å². The van der Waals surface area contributed by atoms with E-state index in [9.17, 15) is 14.4 Å². The summed E-state index contributed by atoms with van der Waals surface area (Å²) in [5.41, 5.74) is 5.65. The highest BCUT2D eigenvalue weighted by atomic mass is 16.3. The van der Waals surface area contributed by atoms with Gasteiger partial charge in [-0.3, -0.25) is 25.2 Å². The first-order valence-corrected chi connectivity index (χ1v) is 7.59. The molecular formula is C18H19N3O4. The van der Waals surface area contributed by atoms with Crippen molar-refractivity contribution in [2.45, 2.75) is 20.8 Å². The van der Waals surface area contributed by atoms with Crippen LogP contribution in [-0.4, -0.2) is 17.7 Å². The lowest BCUT2D eigenvalue weighted by molar-refractivity contribution is -0.122. The van der Waals surface area contributed by atoms with Crippen molar-refractivity contribution in [2.75, 3.05) is 0 Å². The number of benzene rings is 1. The van der Waals surface area contributed by atoms with Crippen molar-refractivity contribution in [1.29, 1.82) is 0 Å². The van der Waals surface area contributed by atoms with Crippen molar-refractivity contribution < 1.29 is 18.8 Å². The van der Waals surface area contributed by atoms with Gasteiger partial charge >= 0.3 is 0 Å². The van der Waals surface area contributed by atoms with E-state index in [1.165, 1.54) is 13.0 Å². The average Bonchev–Trinajstić information content (AvgIpc) is 2.90. The Morgan fingerprint density at radius 3 is 2.28 bits per heavy atom. The van der Waals surface area contributed by atoms with E-state index in [2.05, 4.69) is 16.2 Å². The molecule has 7 nitrogen and oxygen atoms in total. The van der Waals surface area contributed by atoms with Gasteiger partial charge in [-0.15, -0.1) is 0 Å². The SMILES string of the molecule is CC(=O)N/C(=C\c1ccccc1)C(=O)NNC(=O)c1cc(C)oc1C. The van der Waals surface area contributed by atoms with Gasteiger partial charge in [0.2, 0.25) is 5.91 Å². The first-order valence-electron chi connectivity index (χ1n) is 7.59. The number of amides is 3. The molecule has 0 aliphatic rings. The average molecular weight is 341 g/mol. The third-order valence-corrected chi connectivity index (χ3v) is 3.24. The zero-order valence-electron chi connectivity index (χ0n) is 14.2. The van der Waals surface area contributed by atoms with Crippen LogP contribution >= 0.6 is 0 Å². The summed E-state index contributed by atoms with van der Waals surface area (Å²) in [7, 11) is 0. The van der Waals surface area contributed by atoms with Gasteiger partial charge in [0.1, 0.15) is 17.2 Å². The molecule has 1 aromatic carbocycles. The maximum atomic E-state index is 12.3. The minimum Gasteiger partial charge on any atom is -0.466 e. The fourth-order valence-electron chi connectivity index (χ4n) is 2.17. The molecule has 1 heterocycles. The Labute approximate surface area is 145 Å². The summed E-state index contributed by atoms with van der Waals surface area (Å²) in [6.07, 6.45) is 1.51. The second-order valence-electron chi connectivity index (χ2n) is 5.39. The second-order valence-corrected chi connectivity index (χ2v) is 5.39. The maximum absolute atomic E-state index is 12.3. The highest BCUT2D eigenvalue weighted by molar-refractivity contribution is 6.03. The van der Waals surface area contributed by atoms with Crippen molar-refractivity contribution in [2.24, 2.45) is 0 Å². The highest BCUT2D eigenvalue weighted by Crippen LogP contribution is 2.13. The number of carbonyl (C=O) groups is 3. The second kappa shape index (κ2) is 7.96. The van der Waals surface area contributed by atoms with Crippen molar-refractivity contribution in [1.82, 2.24) is 16.2 Å². The number of aryl methyl sites for hydroxylation is 2. The van der Waals surface area contributed by atoms with Gasteiger partial charge in [-0.1, -0.05) is 30.3 Å². The molecule has 0 radical (unpaired) electrons. The van der Waals surface area contributed by atoms with Crippen molar-refractivity contribution >= 4 is 23.8 Å². The van der Waals surface area contributed by atoms with E-state index in [1.54, 1.807) is 44.2 Å². The van der Waals surface area contributed by atoms with Crippen LogP contribution in [0.4, 0.5) is 0 Å². The molecule has 0 bridgehead atoms. The zero-order valence-corrected chi connectivity index (χ0v) is 14.2. The fourth-order valence-corrected chi connectivity index (χ4v) is 2.17. The molecule has 0 saturated carbocycles. The Balaban J connectivity index is 2.09. The molecular weight excluding hydrogens is 322 g/mol. The largest absolute Gasteiger partial charge is 0.466 e. The predicted octanol–water partition coefficient (Wildman–Crippen LogP) is 1.83. The van der Waals surface area contributed by atoms with Gasteiger partial charge in [-0.2, -0.15) is 0 Å². The molecule has 0 fully saturated rings. The molecule has 2 rings (SSSR count). The molecule has 0 unspecified atom stereocenters. The smallest absolute Gasteiger partial charge is 0.286 e. The number of rotatable bonds is 4. The lowest BCUT2D eigenvalue weighted by Gasteiger charge is -2.10. The third-order valence-electron chi connectivity index (χ3n) is 3.24. The molecule has 2 aromatic rings. The lowest BCUT2D eigenvalue weighted by Crippen LogP contribution is -2.45. The summed E-state index contributed by atoms with van der Waals surface area (Å²) >= 11 is 0. The van der Waals surface area contributed by atoms with Gasteiger partial charge in [0.25, 0.3) is 11.8 Å². The zero-order chi connectivity index (χ0) is 18.4.